The first-order valence-corrected chi connectivity index (χ1v) is 10.1. The second kappa shape index (κ2) is 6.51. The van der Waals surface area contributed by atoms with Crippen LogP contribution in [0.1, 0.15) is 80.9 Å². The van der Waals surface area contributed by atoms with E-state index in [2.05, 4.69) is 87.4 Å². The van der Waals surface area contributed by atoms with Gasteiger partial charge in [-0.15, -0.1) is 0 Å². The van der Waals surface area contributed by atoms with Crippen LogP contribution in [0.3, 0.4) is 0 Å². The number of hydrogen-bond donors (Lipinski definition) is 1. The molecule has 0 saturated carbocycles. The summed E-state index contributed by atoms with van der Waals surface area (Å²) in [4.78, 5) is 0. The number of hydrogen-bond acceptors (Lipinski definition) is 1. The van der Waals surface area contributed by atoms with Crippen LogP contribution in [0, 0.1) is 33.5 Å². The predicted octanol–water partition coefficient (Wildman–Crippen LogP) is 7.04. The van der Waals surface area contributed by atoms with E-state index < -0.39 is 6.10 Å². The topological polar surface area (TPSA) is 20.2 Å². The van der Waals surface area contributed by atoms with Crippen LogP contribution in [0.4, 0.5) is 0 Å². The molecule has 26 heavy (non-hydrogen) atoms. The smallest absolute Gasteiger partial charge is 0.0832 e. The Hall–Kier alpha value is -1.08. The number of aliphatic hydroxyl groups excluding tert-OH is 1. The predicted molar refractivity (Wildman–Crippen MR) is 113 cm³/mol. The van der Waals surface area contributed by atoms with Gasteiger partial charge in [-0.2, -0.15) is 0 Å². The van der Waals surface area contributed by atoms with Gasteiger partial charge in [0.2, 0.25) is 0 Å². The molecule has 5 unspecified atom stereocenters. The first-order chi connectivity index (χ1) is 11.7. The largest absolute Gasteiger partial charge is 0.388 e. The Bertz CT molecular complexity index is 658. The maximum Gasteiger partial charge on any atom is 0.0832 e. The number of aliphatic hydroxyl groups is 1. The summed E-state index contributed by atoms with van der Waals surface area (Å²) in [6, 6.07) is 10.3. The molecular formula is C25H40O. The van der Waals surface area contributed by atoms with Gasteiger partial charge >= 0.3 is 0 Å². The molecule has 1 aromatic carbocycles. The van der Waals surface area contributed by atoms with Crippen molar-refractivity contribution >= 4 is 0 Å². The second-order valence-corrected chi connectivity index (χ2v) is 11.0. The van der Waals surface area contributed by atoms with E-state index >= 15 is 0 Å². The van der Waals surface area contributed by atoms with Crippen molar-refractivity contribution in [3.05, 3.63) is 47.5 Å². The van der Waals surface area contributed by atoms with Crippen LogP contribution in [0.25, 0.3) is 0 Å². The van der Waals surface area contributed by atoms with Gasteiger partial charge in [0, 0.05) is 5.92 Å². The van der Waals surface area contributed by atoms with E-state index in [1.807, 2.05) is 18.2 Å². The molecule has 0 aromatic heterocycles. The summed E-state index contributed by atoms with van der Waals surface area (Å²) in [6.07, 6.45) is 1.99. The molecule has 0 spiro atoms. The highest BCUT2D eigenvalue weighted by atomic mass is 16.3. The van der Waals surface area contributed by atoms with Gasteiger partial charge in [0.15, 0.2) is 0 Å². The molecule has 5 atom stereocenters. The Labute approximate surface area is 161 Å². The molecule has 2 rings (SSSR count). The molecule has 146 valence electrons. The van der Waals surface area contributed by atoms with Crippen LogP contribution >= 0.6 is 0 Å². The standard InChI is InChI=1S/C25H40O/c1-17-16-18(2)25(10,23(6,7)8)21(24(17,9)22(3,4)5)20(26)19-14-12-11-13-15-19/h11-17,20-21,26H,1-10H3. The fourth-order valence-corrected chi connectivity index (χ4v) is 5.54. The molecule has 0 bridgehead atoms. The SMILES string of the molecule is CC1=CC(C)C(C)(C(C)(C)C)C(C(O)c2ccccc2)C1(C)C(C)(C)C. The summed E-state index contributed by atoms with van der Waals surface area (Å²) in [5.41, 5.74) is 2.42. The van der Waals surface area contributed by atoms with Gasteiger partial charge < -0.3 is 5.11 Å². The molecule has 1 aliphatic carbocycles. The highest BCUT2D eigenvalue weighted by Gasteiger charge is 2.62. The van der Waals surface area contributed by atoms with Crippen molar-refractivity contribution in [2.75, 3.05) is 0 Å². The van der Waals surface area contributed by atoms with Crippen LogP contribution < -0.4 is 0 Å². The Balaban J connectivity index is 2.81. The highest BCUT2D eigenvalue weighted by Crippen LogP contribution is 2.68. The van der Waals surface area contributed by atoms with Crippen molar-refractivity contribution in [2.45, 2.75) is 75.3 Å². The summed E-state index contributed by atoms with van der Waals surface area (Å²) in [5, 5.41) is 11.8. The molecule has 0 heterocycles. The molecule has 0 amide bonds. The fourth-order valence-electron chi connectivity index (χ4n) is 5.54. The molecule has 0 fully saturated rings. The van der Waals surface area contributed by atoms with Crippen LogP contribution in [-0.4, -0.2) is 5.11 Å². The lowest BCUT2D eigenvalue weighted by atomic mass is 9.40. The minimum atomic E-state index is -0.490. The third-order valence-electron chi connectivity index (χ3n) is 8.16. The van der Waals surface area contributed by atoms with E-state index in [-0.39, 0.29) is 27.6 Å². The first-order valence-electron chi connectivity index (χ1n) is 10.1. The lowest BCUT2D eigenvalue weighted by molar-refractivity contribution is -0.153. The molecule has 1 N–H and O–H groups in total. The van der Waals surface area contributed by atoms with E-state index in [1.165, 1.54) is 5.57 Å². The van der Waals surface area contributed by atoms with Gasteiger partial charge in [-0.25, -0.2) is 0 Å². The maximum absolute atomic E-state index is 11.8. The van der Waals surface area contributed by atoms with E-state index in [4.69, 9.17) is 0 Å². The summed E-state index contributed by atoms with van der Waals surface area (Å²) in [5.74, 6) is 0.527. The van der Waals surface area contributed by atoms with Crippen molar-refractivity contribution in [2.24, 2.45) is 33.5 Å². The number of benzene rings is 1. The Morgan fingerprint density at radius 2 is 1.42 bits per heavy atom. The summed E-state index contributed by atoms with van der Waals surface area (Å²) >= 11 is 0. The van der Waals surface area contributed by atoms with E-state index in [0.717, 1.165) is 5.56 Å². The average molecular weight is 357 g/mol. The van der Waals surface area contributed by atoms with Gasteiger partial charge in [0.05, 0.1) is 6.10 Å². The molecule has 1 heteroatoms. The fraction of sp³-hybridized carbons (Fsp3) is 0.680. The van der Waals surface area contributed by atoms with Crippen LogP contribution in [0.15, 0.2) is 42.0 Å². The van der Waals surface area contributed by atoms with Crippen molar-refractivity contribution in [3.8, 4) is 0 Å². The number of allylic oxidation sites excluding steroid dienone is 2. The zero-order valence-electron chi connectivity index (χ0n) is 18.6. The molecule has 1 aliphatic rings. The van der Waals surface area contributed by atoms with Gasteiger partial charge in [0.1, 0.15) is 0 Å². The molecule has 0 aliphatic heterocycles. The van der Waals surface area contributed by atoms with Crippen LogP contribution in [-0.2, 0) is 0 Å². The van der Waals surface area contributed by atoms with E-state index in [0.29, 0.717) is 5.92 Å². The van der Waals surface area contributed by atoms with Gasteiger partial charge in [-0.3, -0.25) is 0 Å². The van der Waals surface area contributed by atoms with Crippen LogP contribution in [0.5, 0.6) is 0 Å². The van der Waals surface area contributed by atoms with Crippen molar-refractivity contribution in [1.82, 2.24) is 0 Å². The monoisotopic (exact) mass is 356 g/mol. The Kier molecular flexibility index (Phi) is 5.32. The van der Waals surface area contributed by atoms with E-state index in [1.54, 1.807) is 0 Å². The maximum atomic E-state index is 11.8. The lowest BCUT2D eigenvalue weighted by Gasteiger charge is -2.64. The quantitative estimate of drug-likeness (QED) is 0.564. The minimum Gasteiger partial charge on any atom is -0.388 e. The molecule has 0 saturated heterocycles. The number of rotatable bonds is 2. The van der Waals surface area contributed by atoms with E-state index in [9.17, 15) is 5.11 Å². The van der Waals surface area contributed by atoms with Crippen LogP contribution in [0.2, 0.25) is 0 Å². The van der Waals surface area contributed by atoms with Crippen molar-refractivity contribution in [1.29, 1.82) is 0 Å². The van der Waals surface area contributed by atoms with Crippen molar-refractivity contribution in [3.63, 3.8) is 0 Å². The zero-order valence-corrected chi connectivity index (χ0v) is 18.6. The zero-order chi connectivity index (χ0) is 20.1. The van der Waals surface area contributed by atoms with Gasteiger partial charge in [-0.1, -0.05) is 104 Å². The summed E-state index contributed by atoms with van der Waals surface area (Å²) in [7, 11) is 0. The van der Waals surface area contributed by atoms with Gasteiger partial charge in [0.25, 0.3) is 0 Å². The summed E-state index contributed by atoms with van der Waals surface area (Å²) < 4.78 is 0. The Morgan fingerprint density at radius 1 is 0.923 bits per heavy atom. The molecule has 1 nitrogen and oxygen atoms in total. The third-order valence-corrected chi connectivity index (χ3v) is 8.16. The van der Waals surface area contributed by atoms with Crippen molar-refractivity contribution < 1.29 is 5.11 Å². The lowest BCUT2D eigenvalue weighted by Crippen LogP contribution is -2.59. The first kappa shape index (κ1) is 21.2. The molecular weight excluding hydrogens is 316 g/mol. The molecule has 0 radical (unpaired) electrons. The highest BCUT2D eigenvalue weighted by molar-refractivity contribution is 5.31. The normalized spacial score (nSPS) is 34.3. The minimum absolute atomic E-state index is 0.0379. The summed E-state index contributed by atoms with van der Waals surface area (Å²) in [6.45, 7) is 23.4. The molecule has 1 aromatic rings. The Morgan fingerprint density at radius 3 is 1.85 bits per heavy atom. The second-order valence-electron chi connectivity index (χ2n) is 11.0. The average Bonchev–Trinajstić information content (AvgIpc) is 2.51. The van der Waals surface area contributed by atoms with Gasteiger partial charge in [-0.05, 0) is 40.1 Å². The third kappa shape index (κ3) is 2.97.